The lowest BCUT2D eigenvalue weighted by atomic mass is 9.90. The highest BCUT2D eigenvalue weighted by atomic mass is 32.2. The van der Waals surface area contributed by atoms with Gasteiger partial charge in [0.15, 0.2) is 0 Å². The van der Waals surface area contributed by atoms with E-state index in [4.69, 9.17) is 22.2 Å². The van der Waals surface area contributed by atoms with E-state index in [1.807, 2.05) is 13.8 Å². The van der Waals surface area contributed by atoms with Crippen molar-refractivity contribution in [3.05, 3.63) is 10.6 Å². The Labute approximate surface area is 164 Å². The molecule has 2 aliphatic heterocycles. The number of thioether (sulfide) groups is 1. The monoisotopic (exact) mass is 416 g/mol. The minimum atomic E-state index is -0.869. The Balaban J connectivity index is 1.66. The van der Waals surface area contributed by atoms with Gasteiger partial charge in [-0.25, -0.2) is 0 Å². The second-order valence-electron chi connectivity index (χ2n) is 6.43. The Hall–Kier alpha value is -1.14. The Kier molecular flexibility index (Phi) is 6.23. The van der Waals surface area contributed by atoms with Crippen LogP contribution in [0.15, 0.2) is 0 Å². The summed E-state index contributed by atoms with van der Waals surface area (Å²) < 4.78 is 4.50. The van der Waals surface area contributed by atoms with E-state index in [2.05, 4.69) is 15.1 Å². The average molecular weight is 417 g/mol. The molecule has 3 heterocycles. The molecule has 142 valence electrons. The van der Waals surface area contributed by atoms with Crippen molar-refractivity contribution < 1.29 is 19.5 Å². The first kappa shape index (κ1) is 19.6. The Bertz CT molecular complexity index is 713. The van der Waals surface area contributed by atoms with Gasteiger partial charge in [-0.15, -0.1) is 5.10 Å². The second-order valence-corrected chi connectivity index (χ2v) is 9.05. The molecular formula is C15H20N4O4S3. The number of hydrogen-bond donors (Lipinski definition) is 2. The van der Waals surface area contributed by atoms with E-state index in [0.717, 1.165) is 10.6 Å². The van der Waals surface area contributed by atoms with Gasteiger partial charge in [0, 0.05) is 24.9 Å². The predicted octanol–water partition coefficient (Wildman–Crippen LogP) is 1.91. The minimum absolute atomic E-state index is 0.0267. The number of carboxylic acid groups (broad SMARTS) is 1. The summed E-state index contributed by atoms with van der Waals surface area (Å²) >= 11 is 8.03. The first-order valence-electron chi connectivity index (χ1n) is 8.32. The van der Waals surface area contributed by atoms with Crippen LogP contribution in [0.2, 0.25) is 0 Å². The summed E-state index contributed by atoms with van der Waals surface area (Å²) in [6.45, 7) is 4.28. The van der Waals surface area contributed by atoms with Gasteiger partial charge < -0.3 is 5.11 Å². The number of aliphatic carboxylic acids is 1. The van der Waals surface area contributed by atoms with Crippen LogP contribution in [-0.4, -0.2) is 53.6 Å². The molecule has 2 aliphatic rings. The molecule has 0 aromatic carbocycles. The number of rotatable bonds is 7. The normalized spacial score (nSPS) is 28.9. The number of carbonyl (C=O) groups is 2. The zero-order chi connectivity index (χ0) is 18.8. The summed E-state index contributed by atoms with van der Waals surface area (Å²) in [5.41, 5.74) is 3.86. The molecule has 3 rings (SSSR count). The van der Waals surface area contributed by atoms with Gasteiger partial charge in [-0.2, -0.15) is 5.48 Å². The fourth-order valence-corrected chi connectivity index (χ4v) is 5.56. The van der Waals surface area contributed by atoms with E-state index >= 15 is 0 Å². The van der Waals surface area contributed by atoms with Crippen molar-refractivity contribution in [3.63, 3.8) is 0 Å². The molecule has 2 fully saturated rings. The maximum absolute atomic E-state index is 12.7. The zero-order valence-electron chi connectivity index (χ0n) is 14.4. The molecule has 4 atom stereocenters. The topological polar surface area (TPSA) is 105 Å². The number of nitrogens with zero attached hydrogens (tertiary/aromatic N) is 3. The van der Waals surface area contributed by atoms with Gasteiger partial charge in [-0.1, -0.05) is 28.5 Å². The zero-order valence-corrected chi connectivity index (χ0v) is 16.8. The molecule has 2 saturated heterocycles. The molecule has 8 nitrogen and oxygen atoms in total. The lowest BCUT2D eigenvalue weighted by Gasteiger charge is -2.21. The largest absolute Gasteiger partial charge is 0.481 e. The van der Waals surface area contributed by atoms with E-state index in [9.17, 15) is 9.59 Å². The van der Waals surface area contributed by atoms with Crippen LogP contribution in [0.3, 0.4) is 0 Å². The smallest absolute Gasteiger partial charge is 0.303 e. The lowest BCUT2D eigenvalue weighted by molar-refractivity contribution is -0.137. The van der Waals surface area contributed by atoms with Crippen molar-refractivity contribution in [2.24, 2.45) is 5.92 Å². The molecule has 11 heteroatoms. The quantitative estimate of drug-likeness (QED) is 0.645. The molecule has 0 spiro atoms. The summed E-state index contributed by atoms with van der Waals surface area (Å²) in [7, 11) is 0. The number of nitrogens with one attached hydrogen (secondary N) is 1. The highest BCUT2D eigenvalue weighted by Crippen LogP contribution is 2.42. The van der Waals surface area contributed by atoms with Crippen LogP contribution in [0.25, 0.3) is 0 Å². The van der Waals surface area contributed by atoms with Gasteiger partial charge in [0.25, 0.3) is 0 Å². The highest BCUT2D eigenvalue weighted by molar-refractivity contribution is 8.24. The number of carboxylic acids is 1. The van der Waals surface area contributed by atoms with Crippen LogP contribution in [-0.2, 0) is 14.4 Å². The van der Waals surface area contributed by atoms with Gasteiger partial charge >= 0.3 is 5.97 Å². The van der Waals surface area contributed by atoms with E-state index in [-0.39, 0.29) is 35.6 Å². The third-order valence-corrected chi connectivity index (χ3v) is 7.12. The van der Waals surface area contributed by atoms with E-state index in [1.165, 1.54) is 28.2 Å². The van der Waals surface area contributed by atoms with Gasteiger partial charge in [-0.3, -0.25) is 19.3 Å². The highest BCUT2D eigenvalue weighted by Gasteiger charge is 2.44. The minimum Gasteiger partial charge on any atom is -0.481 e. The fraction of sp³-hybridized carbons (Fsp3) is 0.667. The van der Waals surface area contributed by atoms with Crippen LogP contribution >= 0.6 is 35.5 Å². The Morgan fingerprint density at radius 1 is 1.50 bits per heavy atom. The molecule has 1 amide bonds. The number of carbonyl (C=O) groups excluding carboxylic acids is 1. The van der Waals surface area contributed by atoms with E-state index < -0.39 is 5.97 Å². The number of aryl methyl sites for hydroxylation is 1. The third kappa shape index (κ3) is 4.06. The number of hydrogen-bond acceptors (Lipinski definition) is 9. The summed E-state index contributed by atoms with van der Waals surface area (Å²) in [4.78, 5) is 31.7. The van der Waals surface area contributed by atoms with Crippen LogP contribution in [0, 0.1) is 12.8 Å². The van der Waals surface area contributed by atoms with Crippen LogP contribution in [0.5, 0.6) is 0 Å². The van der Waals surface area contributed by atoms with Crippen LogP contribution < -0.4 is 5.48 Å². The van der Waals surface area contributed by atoms with Crippen molar-refractivity contribution in [1.82, 2.24) is 20.0 Å². The van der Waals surface area contributed by atoms with Gasteiger partial charge in [-0.05, 0) is 38.2 Å². The molecule has 26 heavy (non-hydrogen) atoms. The fourth-order valence-electron chi connectivity index (χ4n) is 3.18. The van der Waals surface area contributed by atoms with Crippen LogP contribution in [0.4, 0.5) is 0 Å². The Morgan fingerprint density at radius 3 is 2.92 bits per heavy atom. The first-order valence-corrected chi connectivity index (χ1v) is 10.4. The summed E-state index contributed by atoms with van der Waals surface area (Å²) in [5, 5.41) is 12.5. The second kappa shape index (κ2) is 8.26. The molecule has 0 bridgehead atoms. The van der Waals surface area contributed by atoms with Gasteiger partial charge in [0.05, 0.1) is 15.8 Å². The van der Waals surface area contributed by atoms with Crippen molar-refractivity contribution in [1.29, 1.82) is 0 Å². The molecule has 2 N–H and O–H groups in total. The molecule has 1 aromatic rings. The molecule has 0 saturated carbocycles. The maximum atomic E-state index is 12.7. The standard InChI is InChI=1S/C15H20N4O4S3/c1-7-9(12(23-17-7)13-8(2)16-18-26-13)6-10-14(22)19(15(24)25-10)5-3-4-11(20)21/h7,9-10,12,17H,3-6H2,1-2H3,(H,20,21). The molecule has 0 aliphatic carbocycles. The Morgan fingerprint density at radius 2 is 2.27 bits per heavy atom. The predicted molar refractivity (Wildman–Crippen MR) is 102 cm³/mol. The van der Waals surface area contributed by atoms with Gasteiger partial charge in [0.2, 0.25) is 5.91 Å². The van der Waals surface area contributed by atoms with Crippen LogP contribution in [0.1, 0.15) is 42.9 Å². The maximum Gasteiger partial charge on any atom is 0.303 e. The average Bonchev–Trinajstić information content (AvgIpc) is 3.22. The van der Waals surface area contributed by atoms with E-state index in [1.54, 1.807) is 0 Å². The summed E-state index contributed by atoms with van der Waals surface area (Å²) in [6, 6.07) is 0.0875. The number of aromatic nitrogens is 2. The summed E-state index contributed by atoms with van der Waals surface area (Å²) in [6.07, 6.45) is 0.856. The molecular weight excluding hydrogens is 396 g/mol. The molecule has 4 unspecified atom stereocenters. The number of thiocarbonyl (C=S) groups is 1. The SMILES string of the molecule is Cc1nnsc1C1ONC(C)C1CC1SC(=S)N(CCCC(=O)O)C1=O. The molecule has 0 radical (unpaired) electrons. The van der Waals surface area contributed by atoms with Gasteiger partial charge in [0.1, 0.15) is 10.4 Å². The molecule has 1 aromatic heterocycles. The summed E-state index contributed by atoms with van der Waals surface area (Å²) in [5.74, 6) is -0.812. The van der Waals surface area contributed by atoms with Crippen molar-refractivity contribution >= 4 is 51.7 Å². The number of amides is 1. The lowest BCUT2D eigenvalue weighted by Crippen LogP contribution is -2.34. The van der Waals surface area contributed by atoms with Crippen molar-refractivity contribution in [2.45, 2.75) is 50.5 Å². The first-order chi connectivity index (χ1) is 12.4. The van der Waals surface area contributed by atoms with Crippen molar-refractivity contribution in [2.75, 3.05) is 6.54 Å². The van der Waals surface area contributed by atoms with E-state index in [0.29, 0.717) is 23.7 Å². The van der Waals surface area contributed by atoms with Crippen molar-refractivity contribution in [3.8, 4) is 0 Å². The number of hydroxylamine groups is 1. The third-order valence-electron chi connectivity index (χ3n) is 4.62.